The van der Waals surface area contributed by atoms with Crippen LogP contribution < -0.4 is 5.32 Å². The van der Waals surface area contributed by atoms with E-state index in [-0.39, 0.29) is 18.2 Å². The molecule has 1 aromatic heterocycles. The number of carbonyl (C=O) groups excluding carboxylic acids is 1. The molecule has 0 saturated heterocycles. The van der Waals surface area contributed by atoms with E-state index in [1.54, 1.807) is 19.1 Å². The lowest BCUT2D eigenvalue weighted by Crippen LogP contribution is -2.30. The van der Waals surface area contributed by atoms with Gasteiger partial charge in [-0.05, 0) is 38.5 Å². The summed E-state index contributed by atoms with van der Waals surface area (Å²) in [7, 11) is 0. The lowest BCUT2D eigenvalue weighted by Gasteiger charge is -2.05. The molecular weight excluding hydrogens is 254 g/mol. The van der Waals surface area contributed by atoms with Crippen LogP contribution in [0.5, 0.6) is 0 Å². The van der Waals surface area contributed by atoms with Crippen LogP contribution in [0.1, 0.15) is 28.6 Å². The molecule has 1 aromatic carbocycles. The van der Waals surface area contributed by atoms with Gasteiger partial charge >= 0.3 is 0 Å². The van der Waals surface area contributed by atoms with Crippen molar-refractivity contribution in [1.82, 2.24) is 5.32 Å². The maximum Gasteiger partial charge on any atom is 0.287 e. The number of furan rings is 1. The molecule has 0 fully saturated rings. The largest absolute Gasteiger partial charge is 0.451 e. The normalized spacial score (nSPS) is 12.2. The fraction of sp³-hybridized carbons (Fsp3) is 0.312. The summed E-state index contributed by atoms with van der Waals surface area (Å²) in [5.41, 5.74) is 3.27. The zero-order valence-electron chi connectivity index (χ0n) is 11.9. The first kappa shape index (κ1) is 14.3. The number of hydrogen-bond donors (Lipinski definition) is 2. The zero-order chi connectivity index (χ0) is 14.7. The summed E-state index contributed by atoms with van der Waals surface area (Å²) in [5, 5.41) is 11.8. The van der Waals surface area contributed by atoms with Gasteiger partial charge in [-0.15, -0.1) is 0 Å². The van der Waals surface area contributed by atoms with Crippen LogP contribution in [0.4, 0.5) is 0 Å². The summed E-state index contributed by atoms with van der Waals surface area (Å²) in [6, 6.07) is 9.50. The molecule has 2 rings (SSSR count). The van der Waals surface area contributed by atoms with Crippen LogP contribution in [0.15, 0.2) is 34.7 Å². The molecule has 0 spiro atoms. The van der Waals surface area contributed by atoms with Crippen molar-refractivity contribution >= 4 is 5.91 Å². The standard InChI is InChI=1S/C16H19NO3/c1-10-4-5-13(11(2)8-10)14-6-7-15(20-14)16(19)17-9-12(3)18/h4-8,12,18H,9H2,1-3H3,(H,17,19). The smallest absolute Gasteiger partial charge is 0.287 e. The number of benzene rings is 1. The number of aryl methyl sites for hydroxylation is 2. The molecule has 0 radical (unpaired) electrons. The number of rotatable bonds is 4. The topological polar surface area (TPSA) is 62.5 Å². The summed E-state index contributed by atoms with van der Waals surface area (Å²) in [6.07, 6.45) is -0.576. The van der Waals surface area contributed by atoms with Gasteiger partial charge in [0.05, 0.1) is 6.10 Å². The predicted octanol–water partition coefficient (Wildman–Crippen LogP) is 2.67. The quantitative estimate of drug-likeness (QED) is 0.900. The molecule has 1 heterocycles. The summed E-state index contributed by atoms with van der Waals surface area (Å²) in [6.45, 7) is 5.87. The highest BCUT2D eigenvalue weighted by molar-refractivity contribution is 5.92. The Morgan fingerprint density at radius 3 is 2.70 bits per heavy atom. The van der Waals surface area contributed by atoms with Gasteiger partial charge < -0.3 is 14.8 Å². The van der Waals surface area contributed by atoms with Crippen LogP contribution in [0.2, 0.25) is 0 Å². The highest BCUT2D eigenvalue weighted by Crippen LogP contribution is 2.26. The van der Waals surface area contributed by atoms with E-state index in [0.717, 1.165) is 11.1 Å². The maximum atomic E-state index is 11.8. The van der Waals surface area contributed by atoms with E-state index in [1.807, 2.05) is 26.0 Å². The van der Waals surface area contributed by atoms with Crippen LogP contribution in [-0.4, -0.2) is 23.7 Å². The SMILES string of the molecule is Cc1ccc(-c2ccc(C(=O)NCC(C)O)o2)c(C)c1. The molecule has 106 valence electrons. The van der Waals surface area contributed by atoms with Crippen LogP contribution in [-0.2, 0) is 0 Å². The number of hydrogen-bond acceptors (Lipinski definition) is 3. The van der Waals surface area contributed by atoms with E-state index in [9.17, 15) is 4.79 Å². The number of nitrogens with one attached hydrogen (secondary N) is 1. The number of carbonyl (C=O) groups is 1. The Bertz CT molecular complexity index is 614. The van der Waals surface area contributed by atoms with Crippen molar-refractivity contribution in [3.63, 3.8) is 0 Å². The van der Waals surface area contributed by atoms with Crippen molar-refractivity contribution in [3.05, 3.63) is 47.2 Å². The molecule has 0 aliphatic heterocycles. The Morgan fingerprint density at radius 1 is 1.30 bits per heavy atom. The Morgan fingerprint density at radius 2 is 2.05 bits per heavy atom. The average molecular weight is 273 g/mol. The summed E-state index contributed by atoms with van der Waals surface area (Å²) in [4.78, 5) is 11.8. The Hall–Kier alpha value is -2.07. The molecule has 2 aromatic rings. The Balaban J connectivity index is 2.18. The molecular formula is C16H19NO3. The summed E-state index contributed by atoms with van der Waals surface area (Å²) >= 11 is 0. The third-order valence-electron chi connectivity index (χ3n) is 3.04. The van der Waals surface area contributed by atoms with Crippen LogP contribution in [0.25, 0.3) is 11.3 Å². The fourth-order valence-electron chi connectivity index (χ4n) is 2.02. The molecule has 0 saturated carbocycles. The molecule has 1 atom stereocenters. The minimum atomic E-state index is -0.576. The molecule has 0 bridgehead atoms. The molecule has 2 N–H and O–H groups in total. The third-order valence-corrected chi connectivity index (χ3v) is 3.04. The van der Waals surface area contributed by atoms with Gasteiger partial charge in [-0.2, -0.15) is 0 Å². The van der Waals surface area contributed by atoms with E-state index in [0.29, 0.717) is 5.76 Å². The number of aliphatic hydroxyl groups excluding tert-OH is 1. The first-order chi connectivity index (χ1) is 9.47. The van der Waals surface area contributed by atoms with Gasteiger partial charge in [0.1, 0.15) is 5.76 Å². The average Bonchev–Trinajstić information content (AvgIpc) is 2.85. The van der Waals surface area contributed by atoms with Gasteiger partial charge in [0.15, 0.2) is 5.76 Å². The van der Waals surface area contributed by atoms with E-state index >= 15 is 0 Å². The molecule has 1 unspecified atom stereocenters. The van der Waals surface area contributed by atoms with Gasteiger partial charge in [-0.1, -0.05) is 23.8 Å². The third kappa shape index (κ3) is 3.27. The minimum Gasteiger partial charge on any atom is -0.451 e. The second-order valence-electron chi connectivity index (χ2n) is 5.04. The van der Waals surface area contributed by atoms with Gasteiger partial charge in [0.2, 0.25) is 0 Å². The second-order valence-corrected chi connectivity index (χ2v) is 5.04. The zero-order valence-corrected chi connectivity index (χ0v) is 11.9. The lowest BCUT2D eigenvalue weighted by atomic mass is 10.0. The first-order valence-corrected chi connectivity index (χ1v) is 6.61. The fourth-order valence-corrected chi connectivity index (χ4v) is 2.02. The number of aliphatic hydroxyl groups is 1. The molecule has 4 nitrogen and oxygen atoms in total. The Labute approximate surface area is 118 Å². The van der Waals surface area contributed by atoms with E-state index in [4.69, 9.17) is 9.52 Å². The molecule has 20 heavy (non-hydrogen) atoms. The van der Waals surface area contributed by atoms with Crippen LogP contribution in [0.3, 0.4) is 0 Å². The molecule has 1 amide bonds. The van der Waals surface area contributed by atoms with E-state index in [2.05, 4.69) is 11.4 Å². The van der Waals surface area contributed by atoms with Crippen LogP contribution >= 0.6 is 0 Å². The van der Waals surface area contributed by atoms with E-state index in [1.165, 1.54) is 5.56 Å². The van der Waals surface area contributed by atoms with Crippen molar-refractivity contribution in [3.8, 4) is 11.3 Å². The van der Waals surface area contributed by atoms with Crippen molar-refractivity contribution in [2.45, 2.75) is 26.9 Å². The molecule has 0 aliphatic carbocycles. The van der Waals surface area contributed by atoms with Crippen molar-refractivity contribution < 1.29 is 14.3 Å². The summed E-state index contributed by atoms with van der Waals surface area (Å²) < 4.78 is 5.59. The van der Waals surface area contributed by atoms with Crippen LogP contribution in [0, 0.1) is 13.8 Å². The highest BCUT2D eigenvalue weighted by atomic mass is 16.4. The van der Waals surface area contributed by atoms with Crippen molar-refractivity contribution in [2.75, 3.05) is 6.54 Å². The summed E-state index contributed by atoms with van der Waals surface area (Å²) in [5.74, 6) is 0.604. The molecule has 4 heteroatoms. The van der Waals surface area contributed by atoms with Gasteiger partial charge in [0.25, 0.3) is 5.91 Å². The van der Waals surface area contributed by atoms with E-state index < -0.39 is 6.10 Å². The first-order valence-electron chi connectivity index (χ1n) is 6.61. The predicted molar refractivity (Wildman–Crippen MR) is 77.6 cm³/mol. The minimum absolute atomic E-state index is 0.207. The number of amides is 1. The monoisotopic (exact) mass is 273 g/mol. The van der Waals surface area contributed by atoms with Gasteiger partial charge in [-0.25, -0.2) is 0 Å². The lowest BCUT2D eigenvalue weighted by molar-refractivity contribution is 0.0897. The maximum absolute atomic E-state index is 11.8. The molecule has 0 aliphatic rings. The van der Waals surface area contributed by atoms with Gasteiger partial charge in [-0.3, -0.25) is 4.79 Å². The second kappa shape index (κ2) is 5.92. The van der Waals surface area contributed by atoms with Gasteiger partial charge in [0, 0.05) is 12.1 Å². The van der Waals surface area contributed by atoms with Crippen molar-refractivity contribution in [1.29, 1.82) is 0 Å². The highest BCUT2D eigenvalue weighted by Gasteiger charge is 2.13. The Kier molecular flexibility index (Phi) is 4.25. The van der Waals surface area contributed by atoms with Crippen molar-refractivity contribution in [2.24, 2.45) is 0 Å².